The first-order chi connectivity index (χ1) is 11.0. The minimum Gasteiger partial charge on any atom is -0.379 e. The van der Waals surface area contributed by atoms with Gasteiger partial charge in [0.2, 0.25) is 0 Å². The first-order valence-corrected chi connectivity index (χ1v) is 8.00. The van der Waals surface area contributed by atoms with Gasteiger partial charge in [0.25, 0.3) is 5.91 Å². The molecule has 23 heavy (non-hydrogen) atoms. The summed E-state index contributed by atoms with van der Waals surface area (Å²) in [6.07, 6.45) is 3.33. The summed E-state index contributed by atoms with van der Waals surface area (Å²) in [5, 5.41) is 8.11. The molecule has 1 unspecified atom stereocenters. The molecule has 1 fully saturated rings. The number of benzene rings is 1. The highest BCUT2D eigenvalue weighted by atomic mass is 35.5. The molecule has 0 saturated carbocycles. The lowest BCUT2D eigenvalue weighted by Gasteiger charge is -2.29. The summed E-state index contributed by atoms with van der Waals surface area (Å²) < 4.78 is 7.22. The van der Waals surface area contributed by atoms with Crippen LogP contribution in [-0.2, 0) is 18.2 Å². The number of nitrogens with one attached hydrogen (secondary N) is 1. The first kappa shape index (κ1) is 16.0. The first-order valence-electron chi connectivity index (χ1n) is 7.62. The number of ether oxygens (including phenoxy) is 1. The maximum absolute atomic E-state index is 12.6. The second-order valence-electron chi connectivity index (χ2n) is 6.17. The maximum Gasteiger partial charge on any atom is 0.272 e. The van der Waals surface area contributed by atoms with E-state index in [4.69, 9.17) is 16.3 Å². The number of aromatic nitrogens is 2. The number of nitrogens with zero attached hydrogens (tertiary/aromatic N) is 2. The summed E-state index contributed by atoms with van der Waals surface area (Å²) in [5.74, 6) is -0.150. The van der Waals surface area contributed by atoms with Crippen molar-refractivity contribution < 1.29 is 9.53 Å². The molecule has 0 bridgehead atoms. The molecule has 1 saturated heterocycles. The monoisotopic (exact) mass is 333 g/mol. The largest absolute Gasteiger partial charge is 0.379 e. The average molecular weight is 334 g/mol. The molecule has 122 valence electrons. The molecular formula is C17H20ClN3O2. The Morgan fingerprint density at radius 2 is 2.17 bits per heavy atom. The van der Waals surface area contributed by atoms with E-state index in [-0.39, 0.29) is 5.91 Å². The lowest BCUT2D eigenvalue weighted by Crippen LogP contribution is -2.51. The quantitative estimate of drug-likeness (QED) is 0.935. The molecule has 2 aromatic rings. The van der Waals surface area contributed by atoms with E-state index in [1.807, 2.05) is 44.4 Å². The zero-order valence-electron chi connectivity index (χ0n) is 13.3. The van der Waals surface area contributed by atoms with E-state index in [0.717, 1.165) is 17.5 Å². The van der Waals surface area contributed by atoms with Crippen LogP contribution in [0, 0.1) is 6.92 Å². The highest BCUT2D eigenvalue weighted by Gasteiger charge is 2.37. The summed E-state index contributed by atoms with van der Waals surface area (Å²) in [5.41, 5.74) is 2.06. The average Bonchev–Trinajstić information content (AvgIpc) is 3.08. The van der Waals surface area contributed by atoms with Gasteiger partial charge in [0.05, 0.1) is 12.1 Å². The van der Waals surface area contributed by atoms with Crippen molar-refractivity contribution in [2.24, 2.45) is 7.05 Å². The van der Waals surface area contributed by atoms with Crippen molar-refractivity contribution in [2.45, 2.75) is 25.3 Å². The van der Waals surface area contributed by atoms with Gasteiger partial charge in [-0.05, 0) is 37.5 Å². The molecule has 0 radical (unpaired) electrons. The minimum atomic E-state index is -0.394. The van der Waals surface area contributed by atoms with Gasteiger partial charge in [-0.25, -0.2) is 0 Å². The number of aryl methyl sites for hydroxylation is 2. The van der Waals surface area contributed by atoms with E-state index >= 15 is 0 Å². The number of carbonyl (C=O) groups is 1. The van der Waals surface area contributed by atoms with Gasteiger partial charge in [0, 0.05) is 30.4 Å². The van der Waals surface area contributed by atoms with Crippen molar-refractivity contribution in [2.75, 3.05) is 13.2 Å². The molecule has 2 heterocycles. The minimum absolute atomic E-state index is 0.150. The number of rotatable bonds is 4. The third-order valence-electron chi connectivity index (χ3n) is 4.16. The molecule has 1 atom stereocenters. The molecule has 1 amide bonds. The Morgan fingerprint density at radius 3 is 2.74 bits per heavy atom. The molecular weight excluding hydrogens is 314 g/mol. The number of halogens is 1. The van der Waals surface area contributed by atoms with Crippen LogP contribution in [0.2, 0.25) is 5.02 Å². The van der Waals surface area contributed by atoms with E-state index < -0.39 is 5.54 Å². The molecule has 1 aliphatic rings. The zero-order chi connectivity index (χ0) is 16.4. The maximum atomic E-state index is 12.6. The van der Waals surface area contributed by atoms with Gasteiger partial charge >= 0.3 is 0 Å². The fourth-order valence-corrected chi connectivity index (χ4v) is 3.14. The molecule has 1 aromatic carbocycles. The van der Waals surface area contributed by atoms with Gasteiger partial charge in [-0.15, -0.1) is 0 Å². The molecule has 5 nitrogen and oxygen atoms in total. The van der Waals surface area contributed by atoms with Crippen molar-refractivity contribution in [3.63, 3.8) is 0 Å². The van der Waals surface area contributed by atoms with Crippen molar-refractivity contribution in [3.05, 3.63) is 52.3 Å². The van der Waals surface area contributed by atoms with Crippen molar-refractivity contribution >= 4 is 17.5 Å². The predicted molar refractivity (Wildman–Crippen MR) is 88.7 cm³/mol. The van der Waals surface area contributed by atoms with Crippen LogP contribution in [0.5, 0.6) is 0 Å². The van der Waals surface area contributed by atoms with Gasteiger partial charge < -0.3 is 10.1 Å². The Balaban J connectivity index is 1.79. The lowest BCUT2D eigenvalue weighted by molar-refractivity contribution is 0.0871. The summed E-state index contributed by atoms with van der Waals surface area (Å²) in [7, 11) is 1.81. The number of hydrogen-bond donors (Lipinski definition) is 1. The van der Waals surface area contributed by atoms with Crippen molar-refractivity contribution in [1.29, 1.82) is 0 Å². The van der Waals surface area contributed by atoms with Crippen LogP contribution in [0.4, 0.5) is 0 Å². The van der Waals surface area contributed by atoms with Gasteiger partial charge in [-0.1, -0.05) is 23.7 Å². The third kappa shape index (κ3) is 3.57. The topological polar surface area (TPSA) is 56.2 Å². The van der Waals surface area contributed by atoms with Crippen LogP contribution in [0.25, 0.3) is 0 Å². The number of amides is 1. The van der Waals surface area contributed by atoms with Crippen LogP contribution >= 0.6 is 11.6 Å². The summed E-state index contributed by atoms with van der Waals surface area (Å²) in [4.78, 5) is 12.6. The van der Waals surface area contributed by atoms with Crippen LogP contribution in [0.1, 0.15) is 28.0 Å². The summed E-state index contributed by atoms with van der Waals surface area (Å²) in [6, 6.07) is 7.71. The van der Waals surface area contributed by atoms with E-state index in [1.54, 1.807) is 4.68 Å². The lowest BCUT2D eigenvalue weighted by atomic mass is 9.89. The molecule has 3 rings (SSSR count). The van der Waals surface area contributed by atoms with Crippen LogP contribution < -0.4 is 5.32 Å². The summed E-state index contributed by atoms with van der Waals surface area (Å²) >= 11 is 5.94. The third-order valence-corrected chi connectivity index (χ3v) is 4.42. The van der Waals surface area contributed by atoms with Crippen molar-refractivity contribution in [3.8, 4) is 0 Å². The van der Waals surface area contributed by atoms with E-state index in [9.17, 15) is 4.79 Å². The Kier molecular flexibility index (Phi) is 4.41. The Labute approximate surface area is 140 Å². The fraction of sp³-hybridized carbons (Fsp3) is 0.412. The van der Waals surface area contributed by atoms with E-state index in [1.165, 1.54) is 0 Å². The molecule has 1 N–H and O–H groups in total. The van der Waals surface area contributed by atoms with Gasteiger partial charge in [-0.2, -0.15) is 5.10 Å². The Bertz CT molecular complexity index is 703. The highest BCUT2D eigenvalue weighted by Crippen LogP contribution is 2.25. The van der Waals surface area contributed by atoms with Crippen LogP contribution in [0.15, 0.2) is 30.5 Å². The number of hydrogen-bond acceptors (Lipinski definition) is 3. The zero-order valence-corrected chi connectivity index (χ0v) is 14.1. The van der Waals surface area contributed by atoms with E-state index in [2.05, 4.69) is 10.4 Å². The van der Waals surface area contributed by atoms with Crippen LogP contribution in [0.3, 0.4) is 0 Å². The molecule has 6 heteroatoms. The van der Waals surface area contributed by atoms with Crippen LogP contribution in [-0.4, -0.2) is 34.4 Å². The summed E-state index contributed by atoms with van der Waals surface area (Å²) in [6.45, 7) is 3.04. The normalized spacial score (nSPS) is 20.7. The molecule has 0 aliphatic carbocycles. The number of carbonyl (C=O) groups excluding carboxylic acids is 1. The Morgan fingerprint density at radius 1 is 1.43 bits per heavy atom. The standard InChI is InChI=1S/C17H20ClN3O2/c1-12-10-21(2)20-15(12)16(22)19-17(7-8-23-11-17)9-13-3-5-14(18)6-4-13/h3-6,10H,7-9,11H2,1-2H3,(H,19,22). The molecule has 1 aromatic heterocycles. The van der Waals surface area contributed by atoms with Gasteiger partial charge in [0.15, 0.2) is 5.69 Å². The SMILES string of the molecule is Cc1cn(C)nc1C(=O)NC1(Cc2ccc(Cl)cc2)CCOC1. The second-order valence-corrected chi connectivity index (χ2v) is 6.61. The molecule has 0 spiro atoms. The smallest absolute Gasteiger partial charge is 0.272 e. The van der Waals surface area contributed by atoms with Crippen molar-refractivity contribution in [1.82, 2.24) is 15.1 Å². The van der Waals surface area contributed by atoms with Gasteiger partial charge in [-0.3, -0.25) is 9.48 Å². The van der Waals surface area contributed by atoms with Gasteiger partial charge in [0.1, 0.15) is 0 Å². The highest BCUT2D eigenvalue weighted by molar-refractivity contribution is 6.30. The second kappa shape index (κ2) is 6.34. The Hall–Kier alpha value is -1.85. The molecule has 1 aliphatic heterocycles. The van der Waals surface area contributed by atoms with E-state index in [0.29, 0.717) is 30.4 Å². The predicted octanol–water partition coefficient (Wildman–Crippen LogP) is 2.51. The fourth-order valence-electron chi connectivity index (χ4n) is 3.01.